The Morgan fingerprint density at radius 2 is 2.29 bits per heavy atom. The fourth-order valence-corrected chi connectivity index (χ4v) is 2.26. The molecule has 2 N–H and O–H groups in total. The maximum Gasteiger partial charge on any atom is 0.335 e. The lowest BCUT2D eigenvalue weighted by Gasteiger charge is -2.20. The maximum atomic E-state index is 13.7. The molecule has 0 bridgehead atoms. The largest absolute Gasteiger partial charge is 0.478 e. The minimum absolute atomic E-state index is 0.0966. The predicted molar refractivity (Wildman–Crippen MR) is 71.7 cm³/mol. The monoisotopic (exact) mass is 297 g/mol. The average molecular weight is 297 g/mol. The molecule has 6 nitrogen and oxygen atoms in total. The fourth-order valence-electron chi connectivity index (χ4n) is 2.26. The van der Waals surface area contributed by atoms with Gasteiger partial charge in [0.25, 0.3) is 5.91 Å². The molecule has 1 amide bonds. The Bertz CT molecular complexity index is 542. The van der Waals surface area contributed by atoms with E-state index in [4.69, 9.17) is 14.6 Å². The van der Waals surface area contributed by atoms with Gasteiger partial charge in [0, 0.05) is 19.6 Å². The van der Waals surface area contributed by atoms with Crippen molar-refractivity contribution in [3.63, 3.8) is 0 Å². The standard InChI is InChI=1S/C14H16FNO5/c1-20-12(9-4-5-21-7-9)13(17)16-11-6-8(14(18)19)2-3-10(11)15/h2-3,6,9,12H,4-5,7H2,1H3,(H,16,17)(H,18,19). The molecule has 21 heavy (non-hydrogen) atoms. The third-order valence-corrected chi connectivity index (χ3v) is 3.38. The highest BCUT2D eigenvalue weighted by molar-refractivity contribution is 5.96. The molecule has 0 aliphatic carbocycles. The second-order valence-corrected chi connectivity index (χ2v) is 4.77. The van der Waals surface area contributed by atoms with Gasteiger partial charge in [-0.05, 0) is 24.6 Å². The zero-order valence-corrected chi connectivity index (χ0v) is 11.5. The lowest BCUT2D eigenvalue weighted by molar-refractivity contribution is -0.128. The van der Waals surface area contributed by atoms with Gasteiger partial charge in [0.05, 0.1) is 17.9 Å². The van der Waals surface area contributed by atoms with Crippen LogP contribution in [0.25, 0.3) is 0 Å². The molecule has 1 aliphatic rings. The van der Waals surface area contributed by atoms with E-state index in [0.29, 0.717) is 19.6 Å². The van der Waals surface area contributed by atoms with Crippen molar-refractivity contribution < 1.29 is 28.6 Å². The van der Waals surface area contributed by atoms with Crippen LogP contribution in [-0.2, 0) is 14.3 Å². The second kappa shape index (κ2) is 6.64. The molecule has 0 aromatic heterocycles. The first-order valence-electron chi connectivity index (χ1n) is 6.47. The molecule has 1 saturated heterocycles. The van der Waals surface area contributed by atoms with Crippen molar-refractivity contribution in [1.82, 2.24) is 0 Å². The van der Waals surface area contributed by atoms with E-state index in [1.54, 1.807) is 0 Å². The van der Waals surface area contributed by atoms with E-state index in [1.165, 1.54) is 7.11 Å². The van der Waals surface area contributed by atoms with Crippen molar-refractivity contribution >= 4 is 17.6 Å². The highest BCUT2D eigenvalue weighted by Crippen LogP contribution is 2.22. The van der Waals surface area contributed by atoms with Crippen LogP contribution >= 0.6 is 0 Å². The number of anilines is 1. The number of hydrogen-bond acceptors (Lipinski definition) is 4. The normalized spacial score (nSPS) is 19.2. The van der Waals surface area contributed by atoms with Crippen LogP contribution in [0.1, 0.15) is 16.8 Å². The van der Waals surface area contributed by atoms with Crippen LogP contribution in [0.4, 0.5) is 10.1 Å². The van der Waals surface area contributed by atoms with Gasteiger partial charge in [0.2, 0.25) is 0 Å². The molecule has 0 spiro atoms. The summed E-state index contributed by atoms with van der Waals surface area (Å²) in [5.74, 6) is -2.51. The molecule has 1 aliphatic heterocycles. The summed E-state index contributed by atoms with van der Waals surface area (Å²) in [5, 5.41) is 11.3. The van der Waals surface area contributed by atoms with Gasteiger partial charge in [-0.15, -0.1) is 0 Å². The molecule has 114 valence electrons. The van der Waals surface area contributed by atoms with Crippen LogP contribution < -0.4 is 5.32 Å². The number of halogens is 1. The first-order chi connectivity index (χ1) is 10.0. The number of nitrogens with one attached hydrogen (secondary N) is 1. The van der Waals surface area contributed by atoms with E-state index >= 15 is 0 Å². The third-order valence-electron chi connectivity index (χ3n) is 3.38. The van der Waals surface area contributed by atoms with E-state index in [2.05, 4.69) is 5.32 Å². The second-order valence-electron chi connectivity index (χ2n) is 4.77. The van der Waals surface area contributed by atoms with Gasteiger partial charge in [-0.25, -0.2) is 9.18 Å². The number of aromatic carboxylic acids is 1. The number of benzene rings is 1. The SMILES string of the molecule is COC(C(=O)Nc1cc(C(=O)O)ccc1F)C1CCOC1. The number of hydrogen-bond donors (Lipinski definition) is 2. The molecule has 1 heterocycles. The van der Waals surface area contributed by atoms with Crippen LogP contribution in [0.15, 0.2) is 18.2 Å². The summed E-state index contributed by atoms with van der Waals surface area (Å²) < 4.78 is 24.0. The van der Waals surface area contributed by atoms with E-state index in [0.717, 1.165) is 18.2 Å². The highest BCUT2D eigenvalue weighted by Gasteiger charge is 2.31. The van der Waals surface area contributed by atoms with Crippen LogP contribution in [0, 0.1) is 11.7 Å². The Morgan fingerprint density at radius 1 is 1.52 bits per heavy atom. The number of ether oxygens (including phenoxy) is 2. The number of methoxy groups -OCH3 is 1. The van der Waals surface area contributed by atoms with E-state index in [9.17, 15) is 14.0 Å². The smallest absolute Gasteiger partial charge is 0.335 e. The minimum atomic E-state index is -1.20. The Hall–Kier alpha value is -1.99. The third kappa shape index (κ3) is 3.56. The molecule has 0 radical (unpaired) electrons. The minimum Gasteiger partial charge on any atom is -0.478 e. The first kappa shape index (κ1) is 15.4. The fraction of sp³-hybridized carbons (Fsp3) is 0.429. The summed E-state index contributed by atoms with van der Waals surface area (Å²) in [7, 11) is 1.40. The quantitative estimate of drug-likeness (QED) is 0.860. The van der Waals surface area contributed by atoms with Gasteiger partial charge in [-0.3, -0.25) is 4.79 Å². The van der Waals surface area contributed by atoms with Gasteiger partial charge in [-0.2, -0.15) is 0 Å². The highest BCUT2D eigenvalue weighted by atomic mass is 19.1. The molecule has 0 saturated carbocycles. The zero-order chi connectivity index (χ0) is 15.4. The number of carbonyl (C=O) groups is 2. The lowest BCUT2D eigenvalue weighted by Crippen LogP contribution is -2.36. The number of amides is 1. The number of carboxylic acid groups (broad SMARTS) is 1. The molecule has 2 unspecified atom stereocenters. The number of rotatable bonds is 5. The van der Waals surface area contributed by atoms with Gasteiger partial charge in [0.15, 0.2) is 0 Å². The zero-order valence-electron chi connectivity index (χ0n) is 11.5. The van der Waals surface area contributed by atoms with Crippen molar-refractivity contribution in [2.24, 2.45) is 5.92 Å². The summed E-state index contributed by atoms with van der Waals surface area (Å²) >= 11 is 0. The van der Waals surface area contributed by atoms with Gasteiger partial charge < -0.3 is 19.9 Å². The summed E-state index contributed by atoms with van der Waals surface area (Å²) in [5.41, 5.74) is -0.286. The van der Waals surface area contributed by atoms with Crippen LogP contribution in [0.5, 0.6) is 0 Å². The average Bonchev–Trinajstić information content (AvgIpc) is 2.95. The Morgan fingerprint density at radius 3 is 2.86 bits per heavy atom. The van der Waals surface area contributed by atoms with Crippen LogP contribution in [0.2, 0.25) is 0 Å². The van der Waals surface area contributed by atoms with Crippen molar-refractivity contribution in [1.29, 1.82) is 0 Å². The molecule has 1 fully saturated rings. The number of carbonyl (C=O) groups excluding carboxylic acids is 1. The molecular weight excluding hydrogens is 281 g/mol. The first-order valence-corrected chi connectivity index (χ1v) is 6.47. The predicted octanol–water partition coefficient (Wildman–Crippen LogP) is 1.51. The molecule has 1 aromatic carbocycles. The van der Waals surface area contributed by atoms with Crippen molar-refractivity contribution in [3.8, 4) is 0 Å². The lowest BCUT2D eigenvalue weighted by atomic mass is 10.0. The molecule has 2 atom stereocenters. The summed E-state index contributed by atoms with van der Waals surface area (Å²) in [6.07, 6.45) is -0.0794. The summed E-state index contributed by atoms with van der Waals surface area (Å²) in [4.78, 5) is 23.0. The molecule has 7 heteroatoms. The Balaban J connectivity index is 2.14. The number of carboxylic acids is 1. The molecule has 1 aromatic rings. The van der Waals surface area contributed by atoms with Crippen molar-refractivity contribution in [2.45, 2.75) is 12.5 Å². The Labute approximate surface area is 120 Å². The topological polar surface area (TPSA) is 84.9 Å². The van der Waals surface area contributed by atoms with Crippen LogP contribution in [-0.4, -0.2) is 43.4 Å². The van der Waals surface area contributed by atoms with E-state index in [1.807, 2.05) is 0 Å². The van der Waals surface area contributed by atoms with Crippen molar-refractivity contribution in [2.75, 3.05) is 25.6 Å². The van der Waals surface area contributed by atoms with Crippen molar-refractivity contribution in [3.05, 3.63) is 29.6 Å². The Kier molecular flexibility index (Phi) is 4.87. The molecule has 2 rings (SSSR count). The van der Waals surface area contributed by atoms with Crippen LogP contribution in [0.3, 0.4) is 0 Å². The van der Waals surface area contributed by atoms with E-state index < -0.39 is 23.8 Å². The summed E-state index contributed by atoms with van der Waals surface area (Å²) in [6, 6.07) is 3.21. The molecular formula is C14H16FNO5. The van der Waals surface area contributed by atoms with Gasteiger partial charge >= 0.3 is 5.97 Å². The summed E-state index contributed by atoms with van der Waals surface area (Å²) in [6.45, 7) is 0.963. The van der Waals surface area contributed by atoms with Gasteiger partial charge in [-0.1, -0.05) is 0 Å². The van der Waals surface area contributed by atoms with Gasteiger partial charge in [0.1, 0.15) is 11.9 Å². The maximum absolute atomic E-state index is 13.7. The van der Waals surface area contributed by atoms with E-state index in [-0.39, 0.29) is 17.2 Å².